The lowest BCUT2D eigenvalue weighted by molar-refractivity contribution is -0.384. The molecule has 0 saturated heterocycles. The number of nitrogens with two attached hydrogens (primary N) is 1. The van der Waals surface area contributed by atoms with E-state index in [0.717, 1.165) is 37.9 Å². The second kappa shape index (κ2) is 6.81. The van der Waals surface area contributed by atoms with Gasteiger partial charge in [-0.2, -0.15) is 0 Å². The van der Waals surface area contributed by atoms with Crippen LogP contribution in [-0.2, 0) is 11.2 Å². The third-order valence-electron chi connectivity index (χ3n) is 3.88. The summed E-state index contributed by atoms with van der Waals surface area (Å²) in [4.78, 5) is 10.2. The van der Waals surface area contributed by atoms with E-state index in [2.05, 4.69) is 0 Å². The molecule has 0 amide bonds. The second-order valence-electron chi connectivity index (χ2n) is 5.54. The zero-order valence-electron chi connectivity index (χ0n) is 11.8. The van der Waals surface area contributed by atoms with Crippen molar-refractivity contribution in [2.75, 3.05) is 6.61 Å². The van der Waals surface area contributed by atoms with E-state index in [9.17, 15) is 10.1 Å². The Labute approximate surface area is 119 Å². The van der Waals surface area contributed by atoms with Gasteiger partial charge in [0.25, 0.3) is 5.69 Å². The molecule has 0 radical (unpaired) electrons. The van der Waals surface area contributed by atoms with Crippen LogP contribution in [0.15, 0.2) is 24.3 Å². The van der Waals surface area contributed by atoms with Crippen LogP contribution < -0.4 is 5.73 Å². The van der Waals surface area contributed by atoms with E-state index in [0.29, 0.717) is 12.0 Å². The average Bonchev–Trinajstić information content (AvgIpc) is 2.37. The van der Waals surface area contributed by atoms with Gasteiger partial charge in [-0.05, 0) is 44.1 Å². The van der Waals surface area contributed by atoms with Gasteiger partial charge >= 0.3 is 0 Å². The van der Waals surface area contributed by atoms with Gasteiger partial charge in [0.15, 0.2) is 0 Å². The quantitative estimate of drug-likeness (QED) is 0.614. The molecule has 0 bridgehead atoms. The number of rotatable bonds is 7. The normalized spacial score (nSPS) is 23.1. The van der Waals surface area contributed by atoms with Crippen molar-refractivity contribution in [3.05, 3.63) is 39.9 Å². The molecule has 1 aromatic carbocycles. The third kappa shape index (κ3) is 4.02. The first kappa shape index (κ1) is 14.9. The van der Waals surface area contributed by atoms with Crippen LogP contribution in [0, 0.1) is 16.0 Å². The summed E-state index contributed by atoms with van der Waals surface area (Å²) < 4.78 is 5.54. The molecule has 1 aliphatic rings. The minimum atomic E-state index is -0.383. The van der Waals surface area contributed by atoms with Crippen LogP contribution in [0.1, 0.15) is 31.7 Å². The van der Waals surface area contributed by atoms with E-state index in [-0.39, 0.29) is 16.7 Å². The molecule has 5 heteroatoms. The first-order chi connectivity index (χ1) is 9.58. The van der Waals surface area contributed by atoms with E-state index in [4.69, 9.17) is 10.5 Å². The number of nitrogens with zero attached hydrogens (tertiary/aromatic N) is 1. The molecule has 0 aliphatic heterocycles. The van der Waals surface area contributed by atoms with Crippen molar-refractivity contribution < 1.29 is 9.66 Å². The minimum absolute atomic E-state index is 0.115. The molecule has 1 unspecified atom stereocenters. The molecular formula is C15H22N2O3. The number of benzene rings is 1. The highest BCUT2D eigenvalue weighted by atomic mass is 16.6. The van der Waals surface area contributed by atoms with Crippen LogP contribution >= 0.6 is 0 Å². The fourth-order valence-corrected chi connectivity index (χ4v) is 2.81. The molecule has 0 heterocycles. The molecule has 1 aromatic rings. The maximum absolute atomic E-state index is 10.6. The van der Waals surface area contributed by atoms with Crippen molar-refractivity contribution in [2.45, 2.75) is 44.8 Å². The Morgan fingerprint density at radius 1 is 1.40 bits per heavy atom. The predicted octanol–water partition coefficient (Wildman–Crippen LogP) is 2.67. The largest absolute Gasteiger partial charge is 0.378 e. The summed E-state index contributed by atoms with van der Waals surface area (Å²) in [5.74, 6) is 0.666. The molecule has 5 nitrogen and oxygen atoms in total. The number of ether oxygens (including phenoxy) is 1. The van der Waals surface area contributed by atoms with Crippen LogP contribution in [-0.4, -0.2) is 23.7 Å². The topological polar surface area (TPSA) is 78.4 Å². The fraction of sp³-hybridized carbons (Fsp3) is 0.600. The monoisotopic (exact) mass is 278 g/mol. The zero-order chi connectivity index (χ0) is 14.5. The molecule has 1 saturated carbocycles. The first-order valence-corrected chi connectivity index (χ1v) is 7.19. The van der Waals surface area contributed by atoms with E-state index in [1.807, 2.05) is 6.92 Å². The van der Waals surface area contributed by atoms with Gasteiger partial charge in [-0.3, -0.25) is 10.1 Å². The molecule has 0 spiro atoms. The lowest BCUT2D eigenvalue weighted by Crippen LogP contribution is -2.36. The van der Waals surface area contributed by atoms with Gasteiger partial charge in [-0.25, -0.2) is 0 Å². The molecule has 2 rings (SSSR count). The van der Waals surface area contributed by atoms with Crippen molar-refractivity contribution in [1.29, 1.82) is 0 Å². The molecule has 1 aliphatic carbocycles. The van der Waals surface area contributed by atoms with Crippen molar-refractivity contribution in [1.82, 2.24) is 0 Å². The van der Waals surface area contributed by atoms with Gasteiger partial charge in [0, 0.05) is 24.8 Å². The molecule has 0 aromatic heterocycles. The smallest absolute Gasteiger partial charge is 0.269 e. The minimum Gasteiger partial charge on any atom is -0.378 e. The Morgan fingerprint density at radius 2 is 2.05 bits per heavy atom. The molecule has 1 atom stereocenters. The van der Waals surface area contributed by atoms with E-state index >= 15 is 0 Å². The number of non-ortho nitro benzene ring substituents is 1. The molecule has 2 N–H and O–H groups in total. The maximum Gasteiger partial charge on any atom is 0.269 e. The summed E-state index contributed by atoms with van der Waals surface area (Å²) in [5.41, 5.74) is 7.34. The Balaban J connectivity index is 1.74. The van der Waals surface area contributed by atoms with Crippen LogP contribution in [0.25, 0.3) is 0 Å². The van der Waals surface area contributed by atoms with Gasteiger partial charge in [0.05, 0.1) is 11.0 Å². The summed E-state index contributed by atoms with van der Waals surface area (Å²) in [6, 6.07) is 6.78. The summed E-state index contributed by atoms with van der Waals surface area (Å²) in [5, 5.41) is 10.6. The van der Waals surface area contributed by atoms with Gasteiger partial charge in [0.1, 0.15) is 0 Å². The first-order valence-electron chi connectivity index (χ1n) is 7.19. The Bertz CT molecular complexity index is 441. The average molecular weight is 278 g/mol. The van der Waals surface area contributed by atoms with Crippen molar-refractivity contribution >= 4 is 5.69 Å². The SMILES string of the molecule is CCOC1CC(CC(N)Cc2ccc([N+](=O)[O-])cc2)C1. The fourth-order valence-electron chi connectivity index (χ4n) is 2.81. The Kier molecular flexibility index (Phi) is 5.09. The van der Waals surface area contributed by atoms with E-state index < -0.39 is 0 Å². The molecule has 20 heavy (non-hydrogen) atoms. The Hall–Kier alpha value is -1.46. The maximum atomic E-state index is 10.6. The summed E-state index contributed by atoms with van der Waals surface area (Å²) in [6.45, 7) is 2.81. The number of hydrogen-bond donors (Lipinski definition) is 1. The molecule has 110 valence electrons. The highest BCUT2D eigenvalue weighted by Gasteiger charge is 2.30. The summed E-state index contributed by atoms with van der Waals surface area (Å²) in [7, 11) is 0. The van der Waals surface area contributed by atoms with Gasteiger partial charge < -0.3 is 10.5 Å². The van der Waals surface area contributed by atoms with E-state index in [1.54, 1.807) is 12.1 Å². The summed E-state index contributed by atoms with van der Waals surface area (Å²) in [6.07, 6.45) is 4.43. The third-order valence-corrected chi connectivity index (χ3v) is 3.88. The standard InChI is InChI=1S/C15H22N2O3/c1-2-20-15-9-12(10-15)8-13(16)7-11-3-5-14(6-4-11)17(18)19/h3-6,12-13,15H,2,7-10,16H2,1H3. The van der Waals surface area contributed by atoms with Gasteiger partial charge in [0.2, 0.25) is 0 Å². The lowest BCUT2D eigenvalue weighted by atomic mass is 9.77. The van der Waals surface area contributed by atoms with Gasteiger partial charge in [-0.15, -0.1) is 0 Å². The summed E-state index contributed by atoms with van der Waals surface area (Å²) >= 11 is 0. The van der Waals surface area contributed by atoms with Crippen LogP contribution in [0.4, 0.5) is 5.69 Å². The Morgan fingerprint density at radius 3 is 2.60 bits per heavy atom. The van der Waals surface area contributed by atoms with Crippen LogP contribution in [0.2, 0.25) is 0 Å². The van der Waals surface area contributed by atoms with Crippen molar-refractivity contribution in [2.24, 2.45) is 11.7 Å². The van der Waals surface area contributed by atoms with Gasteiger partial charge in [-0.1, -0.05) is 12.1 Å². The lowest BCUT2D eigenvalue weighted by Gasteiger charge is -2.36. The van der Waals surface area contributed by atoms with Crippen molar-refractivity contribution in [3.8, 4) is 0 Å². The highest BCUT2D eigenvalue weighted by molar-refractivity contribution is 5.33. The van der Waals surface area contributed by atoms with Crippen LogP contribution in [0.3, 0.4) is 0 Å². The second-order valence-corrected chi connectivity index (χ2v) is 5.54. The number of nitro groups is 1. The molecular weight excluding hydrogens is 256 g/mol. The highest BCUT2D eigenvalue weighted by Crippen LogP contribution is 2.33. The molecule has 1 fully saturated rings. The number of nitro benzene ring substituents is 1. The zero-order valence-corrected chi connectivity index (χ0v) is 11.8. The number of hydrogen-bond acceptors (Lipinski definition) is 4. The van der Waals surface area contributed by atoms with E-state index in [1.165, 1.54) is 12.1 Å². The predicted molar refractivity (Wildman–Crippen MR) is 77.5 cm³/mol. The van der Waals surface area contributed by atoms with Crippen LogP contribution in [0.5, 0.6) is 0 Å². The van der Waals surface area contributed by atoms with Crippen molar-refractivity contribution in [3.63, 3.8) is 0 Å².